The number of aromatic nitrogens is 2. The van der Waals surface area contributed by atoms with Crippen LogP contribution in [0.2, 0.25) is 5.02 Å². The molecule has 0 saturated heterocycles. The first kappa shape index (κ1) is 9.39. The van der Waals surface area contributed by atoms with Crippen LogP contribution in [0.1, 0.15) is 32.0 Å². The molecule has 12 heavy (non-hydrogen) atoms. The van der Waals surface area contributed by atoms with Crippen LogP contribution in [0.4, 0.5) is 5.82 Å². The summed E-state index contributed by atoms with van der Waals surface area (Å²) in [5, 5.41) is 4.72. The molecule has 0 radical (unpaired) electrons. The molecule has 0 spiro atoms. The van der Waals surface area contributed by atoms with Crippen molar-refractivity contribution in [1.82, 2.24) is 9.78 Å². The summed E-state index contributed by atoms with van der Waals surface area (Å²) in [6.45, 7) is 6.13. The van der Waals surface area contributed by atoms with Gasteiger partial charge in [0.2, 0.25) is 0 Å². The van der Waals surface area contributed by atoms with E-state index in [4.69, 9.17) is 17.3 Å². The number of nitrogens with two attached hydrogens (primary N) is 1. The Hall–Kier alpha value is -0.700. The van der Waals surface area contributed by atoms with Crippen LogP contribution in [-0.2, 0) is 0 Å². The molecule has 0 aromatic carbocycles. The smallest absolute Gasteiger partial charge is 0.164 e. The summed E-state index contributed by atoms with van der Waals surface area (Å²) in [5.74, 6) is 0.425. The van der Waals surface area contributed by atoms with E-state index in [1.165, 1.54) is 0 Å². The molecule has 0 aliphatic carbocycles. The van der Waals surface area contributed by atoms with Crippen molar-refractivity contribution in [2.75, 3.05) is 5.73 Å². The highest BCUT2D eigenvalue weighted by molar-refractivity contribution is 6.33. The van der Waals surface area contributed by atoms with Crippen molar-refractivity contribution in [1.29, 1.82) is 0 Å². The molecule has 3 nitrogen and oxygen atoms in total. The van der Waals surface area contributed by atoms with Crippen molar-refractivity contribution in [2.45, 2.75) is 33.2 Å². The van der Waals surface area contributed by atoms with Crippen LogP contribution in [0, 0.1) is 6.92 Å². The maximum absolute atomic E-state index is 5.89. The molecule has 0 fully saturated rings. The van der Waals surface area contributed by atoms with Gasteiger partial charge in [-0.25, -0.2) is 0 Å². The van der Waals surface area contributed by atoms with Gasteiger partial charge in [0.15, 0.2) is 5.82 Å². The van der Waals surface area contributed by atoms with Crippen LogP contribution < -0.4 is 5.73 Å². The van der Waals surface area contributed by atoms with Crippen molar-refractivity contribution in [3.05, 3.63) is 10.7 Å². The molecular formula is C8H14ClN3. The third-order valence-corrected chi connectivity index (χ3v) is 2.58. The van der Waals surface area contributed by atoms with E-state index in [1.807, 2.05) is 11.6 Å². The maximum atomic E-state index is 5.89. The summed E-state index contributed by atoms with van der Waals surface area (Å²) >= 11 is 5.89. The second-order valence-corrected chi connectivity index (χ2v) is 3.36. The Kier molecular flexibility index (Phi) is 2.62. The van der Waals surface area contributed by atoms with E-state index in [0.717, 1.165) is 12.1 Å². The number of anilines is 1. The van der Waals surface area contributed by atoms with Crippen molar-refractivity contribution >= 4 is 17.4 Å². The minimum absolute atomic E-state index is 0.361. The Balaban J connectivity index is 3.08. The SMILES string of the molecule is CCC(C)n1nc(N)c(Cl)c1C. The molecule has 1 unspecified atom stereocenters. The van der Waals surface area contributed by atoms with Gasteiger partial charge in [-0.15, -0.1) is 0 Å². The van der Waals surface area contributed by atoms with Crippen LogP contribution in [0.15, 0.2) is 0 Å². The molecule has 1 heterocycles. The lowest BCUT2D eigenvalue weighted by Gasteiger charge is -2.10. The predicted octanol–water partition coefficient (Wildman–Crippen LogP) is 2.40. The van der Waals surface area contributed by atoms with Crippen molar-refractivity contribution in [3.8, 4) is 0 Å². The van der Waals surface area contributed by atoms with E-state index < -0.39 is 0 Å². The highest BCUT2D eigenvalue weighted by Gasteiger charge is 2.12. The Morgan fingerprint density at radius 1 is 1.67 bits per heavy atom. The molecule has 1 aromatic rings. The van der Waals surface area contributed by atoms with Crippen molar-refractivity contribution in [3.63, 3.8) is 0 Å². The van der Waals surface area contributed by atoms with E-state index in [9.17, 15) is 0 Å². The summed E-state index contributed by atoms with van der Waals surface area (Å²) in [5.41, 5.74) is 6.52. The van der Waals surface area contributed by atoms with E-state index in [0.29, 0.717) is 16.9 Å². The highest BCUT2D eigenvalue weighted by Crippen LogP contribution is 2.25. The second-order valence-electron chi connectivity index (χ2n) is 2.99. The quantitative estimate of drug-likeness (QED) is 0.773. The fourth-order valence-electron chi connectivity index (χ4n) is 1.12. The molecule has 2 N–H and O–H groups in total. The molecular weight excluding hydrogens is 174 g/mol. The fourth-order valence-corrected chi connectivity index (χ4v) is 1.25. The third kappa shape index (κ3) is 1.41. The first-order valence-electron chi connectivity index (χ1n) is 4.08. The van der Waals surface area contributed by atoms with Gasteiger partial charge in [0.1, 0.15) is 5.02 Å². The van der Waals surface area contributed by atoms with Gasteiger partial charge in [0, 0.05) is 6.04 Å². The minimum Gasteiger partial charge on any atom is -0.381 e. The summed E-state index contributed by atoms with van der Waals surface area (Å²) < 4.78 is 1.87. The standard InChI is InChI=1S/C8H14ClN3/c1-4-5(2)12-6(3)7(9)8(10)11-12/h5H,4H2,1-3H3,(H2,10,11). The number of hydrogen-bond acceptors (Lipinski definition) is 2. The van der Waals surface area contributed by atoms with E-state index in [-0.39, 0.29) is 0 Å². The number of rotatable bonds is 2. The van der Waals surface area contributed by atoms with Gasteiger partial charge in [-0.3, -0.25) is 4.68 Å². The first-order chi connectivity index (χ1) is 5.57. The molecule has 1 atom stereocenters. The maximum Gasteiger partial charge on any atom is 0.164 e. The molecule has 0 saturated carbocycles. The minimum atomic E-state index is 0.361. The summed E-state index contributed by atoms with van der Waals surface area (Å²) in [4.78, 5) is 0. The monoisotopic (exact) mass is 187 g/mol. The molecule has 1 rings (SSSR count). The van der Waals surface area contributed by atoms with E-state index in [1.54, 1.807) is 0 Å². The molecule has 1 aromatic heterocycles. The lowest BCUT2D eigenvalue weighted by molar-refractivity contribution is 0.469. The number of nitrogens with zero attached hydrogens (tertiary/aromatic N) is 2. The largest absolute Gasteiger partial charge is 0.381 e. The van der Waals surface area contributed by atoms with Crippen LogP contribution >= 0.6 is 11.6 Å². The highest BCUT2D eigenvalue weighted by atomic mass is 35.5. The average molecular weight is 188 g/mol. The van der Waals surface area contributed by atoms with Crippen LogP contribution in [0.25, 0.3) is 0 Å². The van der Waals surface area contributed by atoms with Crippen LogP contribution in [0.5, 0.6) is 0 Å². The van der Waals surface area contributed by atoms with Gasteiger partial charge in [-0.2, -0.15) is 5.10 Å². The van der Waals surface area contributed by atoms with E-state index in [2.05, 4.69) is 18.9 Å². The zero-order valence-corrected chi connectivity index (χ0v) is 8.39. The van der Waals surface area contributed by atoms with Crippen LogP contribution in [-0.4, -0.2) is 9.78 Å². The van der Waals surface area contributed by atoms with Gasteiger partial charge >= 0.3 is 0 Å². The normalized spacial score (nSPS) is 13.3. The predicted molar refractivity (Wildman–Crippen MR) is 51.4 cm³/mol. The van der Waals surface area contributed by atoms with Crippen LogP contribution in [0.3, 0.4) is 0 Å². The molecule has 0 aliphatic heterocycles. The molecule has 0 aliphatic rings. The second kappa shape index (κ2) is 3.35. The Bertz CT molecular complexity index is 280. The number of nitrogen functional groups attached to an aromatic ring is 1. The fraction of sp³-hybridized carbons (Fsp3) is 0.625. The van der Waals surface area contributed by atoms with Gasteiger partial charge in [0.25, 0.3) is 0 Å². The van der Waals surface area contributed by atoms with Gasteiger partial charge in [-0.1, -0.05) is 18.5 Å². The van der Waals surface area contributed by atoms with Crippen molar-refractivity contribution < 1.29 is 0 Å². The Morgan fingerprint density at radius 2 is 2.25 bits per heavy atom. The lowest BCUT2D eigenvalue weighted by atomic mass is 10.2. The van der Waals surface area contributed by atoms with E-state index >= 15 is 0 Å². The van der Waals surface area contributed by atoms with Gasteiger partial charge in [-0.05, 0) is 20.3 Å². The molecule has 4 heteroatoms. The number of halogens is 1. The number of hydrogen-bond donors (Lipinski definition) is 1. The molecule has 0 amide bonds. The molecule has 0 bridgehead atoms. The molecule has 68 valence electrons. The topological polar surface area (TPSA) is 43.8 Å². The summed E-state index contributed by atoms with van der Waals surface area (Å²) in [6.07, 6.45) is 1.03. The van der Waals surface area contributed by atoms with Crippen molar-refractivity contribution in [2.24, 2.45) is 0 Å². The Morgan fingerprint density at radius 3 is 2.58 bits per heavy atom. The third-order valence-electron chi connectivity index (χ3n) is 2.11. The zero-order valence-electron chi connectivity index (χ0n) is 7.63. The zero-order chi connectivity index (χ0) is 9.30. The summed E-state index contributed by atoms with van der Waals surface area (Å²) in [7, 11) is 0. The Labute approximate surface area is 77.5 Å². The average Bonchev–Trinajstić information content (AvgIpc) is 2.32. The first-order valence-corrected chi connectivity index (χ1v) is 4.45. The van der Waals surface area contributed by atoms with Gasteiger partial charge in [0.05, 0.1) is 5.69 Å². The summed E-state index contributed by atoms with van der Waals surface area (Å²) in [6, 6.07) is 0.361. The van der Waals surface area contributed by atoms with Gasteiger partial charge < -0.3 is 5.73 Å². The lowest BCUT2D eigenvalue weighted by Crippen LogP contribution is -2.07.